The van der Waals surface area contributed by atoms with Crippen LogP contribution in [-0.4, -0.2) is 20.4 Å². The summed E-state index contributed by atoms with van der Waals surface area (Å²) in [4.78, 5) is 23.8. The average molecular weight is 332 g/mol. The molecule has 2 heterocycles. The molecule has 7 nitrogen and oxygen atoms in total. The third kappa shape index (κ3) is 2.85. The fourth-order valence-electron chi connectivity index (χ4n) is 1.80. The number of nitrogens with one attached hydrogen (secondary N) is 1. The molecule has 0 unspecified atom stereocenters. The number of nitro benzene ring substituents is 1. The molecule has 0 bridgehead atoms. The minimum Gasteiger partial charge on any atom is -0.321 e. The lowest BCUT2D eigenvalue weighted by molar-refractivity contribution is -0.384. The number of anilines is 1. The predicted octanol–water partition coefficient (Wildman–Crippen LogP) is 3.43. The van der Waals surface area contributed by atoms with E-state index >= 15 is 0 Å². The van der Waals surface area contributed by atoms with Gasteiger partial charge in [0, 0.05) is 17.8 Å². The van der Waals surface area contributed by atoms with Crippen molar-refractivity contribution in [3.05, 3.63) is 56.8 Å². The van der Waals surface area contributed by atoms with Gasteiger partial charge in [-0.15, -0.1) is 16.4 Å². The van der Waals surface area contributed by atoms with E-state index in [4.69, 9.17) is 0 Å². The summed E-state index contributed by atoms with van der Waals surface area (Å²) in [5, 5.41) is 19.2. The van der Waals surface area contributed by atoms with Crippen LogP contribution in [0.1, 0.15) is 9.67 Å². The highest BCUT2D eigenvalue weighted by Crippen LogP contribution is 2.28. The lowest BCUT2D eigenvalue weighted by atomic mass is 10.2. The number of carbonyl (C=O) groups is 1. The first-order valence-electron chi connectivity index (χ1n) is 6.07. The molecular formula is C13H8N4O3S2. The van der Waals surface area contributed by atoms with E-state index in [1.165, 1.54) is 29.5 Å². The quantitative estimate of drug-likeness (QED) is 0.583. The van der Waals surface area contributed by atoms with Gasteiger partial charge in [-0.2, -0.15) is 0 Å². The molecule has 1 amide bonds. The van der Waals surface area contributed by atoms with Crippen molar-refractivity contribution in [2.24, 2.45) is 0 Å². The molecule has 2 aromatic heterocycles. The van der Waals surface area contributed by atoms with E-state index in [9.17, 15) is 14.9 Å². The Morgan fingerprint density at radius 2 is 2.14 bits per heavy atom. The van der Waals surface area contributed by atoms with Crippen LogP contribution in [0.4, 0.5) is 11.4 Å². The minimum absolute atomic E-state index is 0.0845. The van der Waals surface area contributed by atoms with Gasteiger partial charge >= 0.3 is 0 Å². The van der Waals surface area contributed by atoms with Crippen LogP contribution < -0.4 is 5.32 Å². The zero-order chi connectivity index (χ0) is 15.5. The first-order valence-corrected chi connectivity index (χ1v) is 7.72. The number of hydrogen-bond acceptors (Lipinski definition) is 7. The van der Waals surface area contributed by atoms with Crippen molar-refractivity contribution in [1.82, 2.24) is 9.59 Å². The van der Waals surface area contributed by atoms with E-state index in [2.05, 4.69) is 14.9 Å². The smallest absolute Gasteiger partial charge is 0.271 e. The molecule has 22 heavy (non-hydrogen) atoms. The molecule has 0 saturated carbocycles. The number of non-ortho nitro benzene ring substituents is 1. The van der Waals surface area contributed by atoms with Crippen LogP contribution in [0.25, 0.3) is 10.6 Å². The van der Waals surface area contributed by atoms with Gasteiger partial charge in [-0.25, -0.2) is 0 Å². The average Bonchev–Trinajstić information content (AvgIpc) is 3.18. The Labute approximate surface area is 132 Å². The third-order valence-electron chi connectivity index (χ3n) is 2.76. The fraction of sp³-hybridized carbons (Fsp3) is 0. The first-order chi connectivity index (χ1) is 10.6. The highest BCUT2D eigenvalue weighted by Gasteiger charge is 2.19. The number of nitrogens with zero attached hydrogens (tertiary/aromatic N) is 3. The highest BCUT2D eigenvalue weighted by atomic mass is 32.1. The van der Waals surface area contributed by atoms with Crippen LogP contribution in [0.2, 0.25) is 0 Å². The summed E-state index contributed by atoms with van der Waals surface area (Å²) in [6.45, 7) is 0. The maximum absolute atomic E-state index is 12.3. The Morgan fingerprint density at radius 1 is 1.27 bits per heavy atom. The molecular weight excluding hydrogens is 324 g/mol. The number of carbonyl (C=O) groups excluding carboxylic acids is 1. The van der Waals surface area contributed by atoms with Gasteiger partial charge in [0.25, 0.3) is 11.6 Å². The number of nitro groups is 1. The number of aromatic nitrogens is 2. The molecule has 0 atom stereocenters. The fourth-order valence-corrected chi connectivity index (χ4v) is 3.15. The van der Waals surface area contributed by atoms with Gasteiger partial charge < -0.3 is 5.32 Å². The molecule has 110 valence electrons. The van der Waals surface area contributed by atoms with Crippen LogP contribution in [0.3, 0.4) is 0 Å². The van der Waals surface area contributed by atoms with Gasteiger partial charge in [0.1, 0.15) is 10.6 Å². The van der Waals surface area contributed by atoms with Crippen molar-refractivity contribution >= 4 is 40.2 Å². The van der Waals surface area contributed by atoms with E-state index in [0.717, 1.165) is 16.4 Å². The van der Waals surface area contributed by atoms with E-state index in [1.54, 1.807) is 6.07 Å². The summed E-state index contributed by atoms with van der Waals surface area (Å²) in [5.74, 6) is -0.390. The Kier molecular flexibility index (Phi) is 3.90. The van der Waals surface area contributed by atoms with Gasteiger partial charge in [-0.3, -0.25) is 14.9 Å². The normalized spacial score (nSPS) is 10.4. The lowest BCUT2D eigenvalue weighted by Gasteiger charge is -2.03. The maximum Gasteiger partial charge on any atom is 0.271 e. The molecule has 3 aromatic rings. The predicted molar refractivity (Wildman–Crippen MR) is 84.3 cm³/mol. The standard InChI is InChI=1S/C13H8N4O3S2/c18-13(14-8-3-1-4-9(7-8)17(19)20)12-11(15-16-22-12)10-5-2-6-21-10/h1-7H,(H,14,18). The Bertz CT molecular complexity index is 829. The second-order valence-corrected chi connectivity index (χ2v) is 5.89. The second kappa shape index (κ2) is 6.00. The molecule has 0 aliphatic heterocycles. The molecule has 1 aromatic carbocycles. The molecule has 0 saturated heterocycles. The van der Waals surface area contributed by atoms with Crippen LogP contribution in [0.5, 0.6) is 0 Å². The number of amides is 1. The van der Waals surface area contributed by atoms with Gasteiger partial charge in [0.15, 0.2) is 0 Å². The van der Waals surface area contributed by atoms with Crippen LogP contribution in [0.15, 0.2) is 41.8 Å². The van der Waals surface area contributed by atoms with Crippen molar-refractivity contribution in [2.75, 3.05) is 5.32 Å². The number of benzene rings is 1. The van der Waals surface area contributed by atoms with Crippen LogP contribution >= 0.6 is 22.9 Å². The van der Waals surface area contributed by atoms with Crippen molar-refractivity contribution in [1.29, 1.82) is 0 Å². The van der Waals surface area contributed by atoms with Crippen molar-refractivity contribution in [2.45, 2.75) is 0 Å². The summed E-state index contributed by atoms with van der Waals surface area (Å²) in [6, 6.07) is 9.48. The summed E-state index contributed by atoms with van der Waals surface area (Å²) in [5.41, 5.74) is 0.784. The molecule has 1 N–H and O–H groups in total. The molecule has 0 fully saturated rings. The zero-order valence-corrected chi connectivity index (χ0v) is 12.6. The SMILES string of the molecule is O=C(Nc1cccc([N+](=O)[O-])c1)c1snnc1-c1cccs1. The van der Waals surface area contributed by atoms with Gasteiger partial charge in [0.2, 0.25) is 0 Å². The number of rotatable bonds is 4. The molecule has 0 aliphatic carbocycles. The summed E-state index contributed by atoms with van der Waals surface area (Å²) in [6.07, 6.45) is 0. The van der Waals surface area contributed by atoms with E-state index in [0.29, 0.717) is 16.3 Å². The molecule has 9 heteroatoms. The van der Waals surface area contributed by atoms with E-state index in [1.807, 2.05) is 17.5 Å². The topological polar surface area (TPSA) is 98.0 Å². The third-order valence-corrected chi connectivity index (χ3v) is 4.36. The van der Waals surface area contributed by atoms with Gasteiger partial charge in [-0.1, -0.05) is 16.6 Å². The molecule has 0 radical (unpaired) electrons. The van der Waals surface area contributed by atoms with Gasteiger partial charge in [0.05, 0.1) is 9.80 Å². The summed E-state index contributed by atoms with van der Waals surface area (Å²) < 4.78 is 3.82. The highest BCUT2D eigenvalue weighted by molar-refractivity contribution is 7.14. The molecule has 0 aliphatic rings. The van der Waals surface area contributed by atoms with Gasteiger partial charge in [-0.05, 0) is 29.0 Å². The zero-order valence-electron chi connectivity index (χ0n) is 10.9. The van der Waals surface area contributed by atoms with Crippen molar-refractivity contribution in [3.63, 3.8) is 0 Å². The Balaban J connectivity index is 1.86. The lowest BCUT2D eigenvalue weighted by Crippen LogP contribution is -2.11. The maximum atomic E-state index is 12.3. The summed E-state index contributed by atoms with van der Waals surface area (Å²) in [7, 11) is 0. The first kappa shape index (κ1) is 14.3. The van der Waals surface area contributed by atoms with Crippen molar-refractivity contribution < 1.29 is 9.72 Å². The Hall–Kier alpha value is -2.65. The monoisotopic (exact) mass is 332 g/mol. The number of thiophene rings is 1. The summed E-state index contributed by atoms with van der Waals surface area (Å²) >= 11 is 2.45. The van der Waals surface area contributed by atoms with Crippen LogP contribution in [-0.2, 0) is 0 Å². The largest absolute Gasteiger partial charge is 0.321 e. The molecule has 3 rings (SSSR count). The van der Waals surface area contributed by atoms with E-state index in [-0.39, 0.29) is 11.6 Å². The van der Waals surface area contributed by atoms with E-state index < -0.39 is 4.92 Å². The number of hydrogen-bond donors (Lipinski definition) is 1. The van der Waals surface area contributed by atoms with Crippen LogP contribution in [0, 0.1) is 10.1 Å². The second-order valence-electron chi connectivity index (χ2n) is 4.19. The van der Waals surface area contributed by atoms with Crippen molar-refractivity contribution in [3.8, 4) is 10.6 Å². The minimum atomic E-state index is -0.513. The molecule has 0 spiro atoms. The Morgan fingerprint density at radius 3 is 2.86 bits per heavy atom.